The largest absolute Gasteiger partial charge is 0.344 e. The zero-order valence-electron chi connectivity index (χ0n) is 18.9. The van der Waals surface area contributed by atoms with E-state index in [1.165, 1.54) is 23.6 Å². The number of amides is 3. The Bertz CT molecular complexity index is 1110. The zero-order chi connectivity index (χ0) is 23.9. The lowest BCUT2D eigenvalue weighted by Gasteiger charge is -2.33. The van der Waals surface area contributed by atoms with E-state index >= 15 is 0 Å². The molecule has 0 bridgehead atoms. The van der Waals surface area contributed by atoms with E-state index in [1.807, 2.05) is 24.3 Å². The van der Waals surface area contributed by atoms with Crippen LogP contribution < -0.4 is 5.32 Å². The van der Waals surface area contributed by atoms with E-state index in [1.54, 1.807) is 25.2 Å². The van der Waals surface area contributed by atoms with Crippen LogP contribution in [-0.4, -0.2) is 52.8 Å². The topological polar surface area (TPSA) is 69.7 Å². The molecule has 174 valence electrons. The molecule has 2 aliphatic rings. The summed E-state index contributed by atoms with van der Waals surface area (Å²) in [6.07, 6.45) is 0.289. The predicted octanol–water partition coefficient (Wildman–Crippen LogP) is 4.39. The first-order valence-electron chi connectivity index (χ1n) is 11.0. The van der Waals surface area contributed by atoms with Crippen LogP contribution in [0.3, 0.4) is 0 Å². The third-order valence-corrected chi connectivity index (χ3v) is 6.61. The number of nitrogens with one attached hydrogen (secondary N) is 1. The molecule has 4 rings (SSSR count). The number of hydrogen-bond acceptors (Lipinski definition) is 3. The molecule has 0 aromatic heterocycles. The molecular weight excluding hydrogens is 445 g/mol. The summed E-state index contributed by atoms with van der Waals surface area (Å²) in [4.78, 5) is 41.9. The number of carbonyl (C=O) groups is 3. The molecule has 2 aromatic carbocycles. The number of nitrogens with zero attached hydrogens (tertiary/aromatic N) is 2. The molecule has 0 saturated carbocycles. The third kappa shape index (κ3) is 4.60. The van der Waals surface area contributed by atoms with Crippen molar-refractivity contribution in [2.45, 2.75) is 50.9 Å². The molecule has 0 aliphatic carbocycles. The van der Waals surface area contributed by atoms with Gasteiger partial charge >= 0.3 is 0 Å². The highest BCUT2D eigenvalue weighted by Gasteiger charge is 2.41. The molecule has 2 aliphatic heterocycles. The average molecular weight is 472 g/mol. The van der Waals surface area contributed by atoms with E-state index in [2.05, 4.69) is 5.32 Å². The van der Waals surface area contributed by atoms with Gasteiger partial charge in [0.25, 0.3) is 5.91 Å². The van der Waals surface area contributed by atoms with Crippen molar-refractivity contribution < 1.29 is 18.8 Å². The highest BCUT2D eigenvalue weighted by atomic mass is 35.5. The van der Waals surface area contributed by atoms with Crippen molar-refractivity contribution in [3.8, 4) is 0 Å². The van der Waals surface area contributed by atoms with E-state index < -0.39 is 11.7 Å². The van der Waals surface area contributed by atoms with Crippen LogP contribution in [0.5, 0.6) is 0 Å². The molecule has 33 heavy (non-hydrogen) atoms. The summed E-state index contributed by atoms with van der Waals surface area (Å²) < 4.78 is 14.7. The molecule has 6 nitrogen and oxygen atoms in total. The number of fused-ring (bicyclic) bond motifs is 2. The first-order chi connectivity index (χ1) is 15.6. The molecule has 1 N–H and O–H groups in total. The minimum Gasteiger partial charge on any atom is -0.344 e. The molecule has 0 spiro atoms. The Labute approximate surface area is 197 Å². The Balaban J connectivity index is 1.51. The lowest BCUT2D eigenvalue weighted by atomic mass is 9.96. The summed E-state index contributed by atoms with van der Waals surface area (Å²) in [5, 5.41) is 3.19. The maximum absolute atomic E-state index is 14.7. The van der Waals surface area contributed by atoms with Crippen molar-refractivity contribution in [3.05, 3.63) is 64.2 Å². The molecular formula is C25H27ClFN3O3. The molecule has 0 saturated heterocycles. The quantitative estimate of drug-likeness (QED) is 0.651. The first kappa shape index (κ1) is 23.2. The van der Waals surface area contributed by atoms with Gasteiger partial charge in [-0.2, -0.15) is 0 Å². The van der Waals surface area contributed by atoms with Gasteiger partial charge in [0.05, 0.1) is 16.5 Å². The molecule has 0 radical (unpaired) electrons. The summed E-state index contributed by atoms with van der Waals surface area (Å²) in [6, 6.07) is 11.7. The van der Waals surface area contributed by atoms with E-state index in [-0.39, 0.29) is 36.6 Å². The molecule has 0 unspecified atom stereocenters. The van der Waals surface area contributed by atoms with E-state index in [0.29, 0.717) is 23.6 Å². The monoisotopic (exact) mass is 471 g/mol. The number of alkyl halides is 1. The SMILES string of the molecule is CN(CC[C@H]1C(=O)Nc2ccccc21)C(=O)[C@H](CC(C)(C)F)N1Cc2cccc(Cl)c2C1=O. The number of benzene rings is 2. The second-order valence-electron chi connectivity index (χ2n) is 9.32. The molecule has 2 heterocycles. The minimum absolute atomic E-state index is 0.0988. The fraction of sp³-hybridized carbons (Fsp3) is 0.400. The molecule has 8 heteroatoms. The number of hydrogen-bond donors (Lipinski definition) is 1. The molecule has 2 atom stereocenters. The van der Waals surface area contributed by atoms with Crippen LogP contribution in [0.25, 0.3) is 0 Å². The normalized spacial score (nSPS) is 18.1. The van der Waals surface area contributed by atoms with Crippen LogP contribution in [0, 0.1) is 0 Å². The van der Waals surface area contributed by atoms with Crippen molar-refractivity contribution >= 4 is 35.0 Å². The van der Waals surface area contributed by atoms with Gasteiger partial charge in [0.15, 0.2) is 0 Å². The number of carbonyl (C=O) groups excluding carboxylic acids is 3. The molecule has 2 aromatic rings. The number of anilines is 1. The summed E-state index contributed by atoms with van der Waals surface area (Å²) in [6.45, 7) is 3.29. The van der Waals surface area contributed by atoms with Gasteiger partial charge < -0.3 is 15.1 Å². The van der Waals surface area contributed by atoms with Crippen LogP contribution in [0.1, 0.15) is 54.1 Å². The lowest BCUT2D eigenvalue weighted by Crippen LogP contribution is -2.50. The Hall–Kier alpha value is -2.93. The average Bonchev–Trinajstić information content (AvgIpc) is 3.26. The first-order valence-corrected chi connectivity index (χ1v) is 11.4. The fourth-order valence-electron chi connectivity index (χ4n) is 4.63. The van der Waals surface area contributed by atoms with Gasteiger partial charge in [-0.3, -0.25) is 14.4 Å². The number of likely N-dealkylation sites (N-methyl/N-ethyl adjacent to an activating group) is 1. The van der Waals surface area contributed by atoms with Gasteiger partial charge in [-0.05, 0) is 43.5 Å². The van der Waals surface area contributed by atoms with E-state index in [4.69, 9.17) is 11.6 Å². The van der Waals surface area contributed by atoms with Crippen LogP contribution in [0.2, 0.25) is 5.02 Å². The Morgan fingerprint density at radius 1 is 1.24 bits per heavy atom. The molecule has 3 amide bonds. The Morgan fingerprint density at radius 2 is 1.97 bits per heavy atom. The van der Waals surface area contributed by atoms with Crippen molar-refractivity contribution in [2.24, 2.45) is 0 Å². The maximum Gasteiger partial charge on any atom is 0.256 e. The van der Waals surface area contributed by atoms with Crippen LogP contribution in [-0.2, 0) is 16.1 Å². The maximum atomic E-state index is 14.7. The minimum atomic E-state index is -1.66. The summed E-state index contributed by atoms with van der Waals surface area (Å²) in [7, 11) is 1.62. The van der Waals surface area contributed by atoms with Gasteiger partial charge in [0, 0.05) is 32.2 Å². The van der Waals surface area contributed by atoms with Gasteiger partial charge in [0.2, 0.25) is 11.8 Å². The number of para-hydroxylation sites is 1. The molecule has 0 fully saturated rings. The van der Waals surface area contributed by atoms with Gasteiger partial charge in [-0.15, -0.1) is 0 Å². The van der Waals surface area contributed by atoms with Crippen LogP contribution in [0.15, 0.2) is 42.5 Å². The van der Waals surface area contributed by atoms with E-state index in [0.717, 1.165) is 16.8 Å². The second-order valence-corrected chi connectivity index (χ2v) is 9.73. The van der Waals surface area contributed by atoms with Crippen LogP contribution in [0.4, 0.5) is 10.1 Å². The Kier molecular flexibility index (Phi) is 6.18. The lowest BCUT2D eigenvalue weighted by molar-refractivity contribution is -0.136. The van der Waals surface area contributed by atoms with Crippen molar-refractivity contribution in [1.29, 1.82) is 0 Å². The third-order valence-electron chi connectivity index (χ3n) is 6.30. The van der Waals surface area contributed by atoms with Crippen LogP contribution >= 0.6 is 11.6 Å². The standard InChI is InChI=1S/C25H27ClFN3O3/c1-25(2,27)13-20(30-14-15-7-6-9-18(26)21(15)24(30)33)23(32)29(3)12-11-17-16-8-4-5-10-19(16)28-22(17)31/h4-10,17,20H,11-14H2,1-3H3,(H,28,31)/t17-,20+/m1/s1. The van der Waals surface area contributed by atoms with Gasteiger partial charge in [-0.25, -0.2) is 4.39 Å². The van der Waals surface area contributed by atoms with Crippen molar-refractivity contribution in [1.82, 2.24) is 9.80 Å². The second kappa shape index (κ2) is 8.78. The number of halogens is 2. The van der Waals surface area contributed by atoms with Crippen molar-refractivity contribution in [2.75, 3.05) is 18.9 Å². The predicted molar refractivity (Wildman–Crippen MR) is 125 cm³/mol. The summed E-state index contributed by atoms with van der Waals surface area (Å²) in [5.74, 6) is -1.18. The van der Waals surface area contributed by atoms with Crippen molar-refractivity contribution in [3.63, 3.8) is 0 Å². The van der Waals surface area contributed by atoms with E-state index in [9.17, 15) is 18.8 Å². The smallest absolute Gasteiger partial charge is 0.256 e. The highest BCUT2D eigenvalue weighted by molar-refractivity contribution is 6.34. The number of rotatable bonds is 7. The highest BCUT2D eigenvalue weighted by Crippen LogP contribution is 2.35. The van der Waals surface area contributed by atoms with Gasteiger partial charge in [0.1, 0.15) is 11.7 Å². The zero-order valence-corrected chi connectivity index (χ0v) is 19.7. The Morgan fingerprint density at radius 3 is 2.67 bits per heavy atom. The van der Waals surface area contributed by atoms with Gasteiger partial charge in [-0.1, -0.05) is 41.9 Å². The fourth-order valence-corrected chi connectivity index (χ4v) is 4.91. The summed E-state index contributed by atoms with van der Waals surface area (Å²) in [5.41, 5.74) is 1.13. The summed E-state index contributed by atoms with van der Waals surface area (Å²) >= 11 is 6.23.